The van der Waals surface area contributed by atoms with Crippen LogP contribution in [0.15, 0.2) is 24.8 Å². The lowest BCUT2D eigenvalue weighted by Crippen LogP contribution is -2.25. The Kier molecular flexibility index (Phi) is 4.48. The van der Waals surface area contributed by atoms with Crippen LogP contribution < -0.4 is 10.2 Å². The van der Waals surface area contributed by atoms with Crippen LogP contribution >= 0.6 is 0 Å². The fourth-order valence-corrected chi connectivity index (χ4v) is 3.37. The molecule has 1 N–H and O–H groups in total. The van der Waals surface area contributed by atoms with E-state index in [1.54, 1.807) is 12.4 Å². The Balaban J connectivity index is 1.60. The monoisotopic (exact) mass is 389 g/mol. The topological polar surface area (TPSA) is 80.3 Å². The summed E-state index contributed by atoms with van der Waals surface area (Å²) in [5.41, 5.74) is 0.965. The number of halogens is 2. The Labute approximate surface area is 160 Å². The van der Waals surface area contributed by atoms with Crippen LogP contribution in [0.5, 0.6) is 0 Å². The Hall–Kier alpha value is -3.04. The molecule has 1 fully saturated rings. The predicted molar refractivity (Wildman–Crippen MR) is 99.9 cm³/mol. The van der Waals surface area contributed by atoms with Crippen molar-refractivity contribution < 1.29 is 13.6 Å². The molecule has 3 aromatic heterocycles. The molecule has 0 bridgehead atoms. The number of rotatable bonds is 5. The van der Waals surface area contributed by atoms with Crippen LogP contribution in [-0.4, -0.2) is 44.4 Å². The van der Waals surface area contributed by atoms with Gasteiger partial charge in [-0.3, -0.25) is 9.48 Å². The lowest BCUT2D eigenvalue weighted by atomic mass is 9.82. The molecule has 0 aromatic carbocycles. The molecule has 0 atom stereocenters. The van der Waals surface area contributed by atoms with Crippen molar-refractivity contribution in [1.82, 2.24) is 24.4 Å². The second kappa shape index (κ2) is 6.84. The van der Waals surface area contributed by atoms with Crippen molar-refractivity contribution in [3.05, 3.63) is 36.0 Å². The Morgan fingerprint density at radius 3 is 2.68 bits per heavy atom. The predicted octanol–water partition coefficient (Wildman–Crippen LogP) is 3.15. The normalized spacial score (nSPS) is 19.1. The van der Waals surface area contributed by atoms with Crippen LogP contribution in [0.2, 0.25) is 0 Å². The third-order valence-corrected chi connectivity index (χ3v) is 5.04. The van der Waals surface area contributed by atoms with E-state index in [9.17, 15) is 13.6 Å². The van der Waals surface area contributed by atoms with Gasteiger partial charge in [0.05, 0.1) is 36.0 Å². The highest BCUT2D eigenvalue weighted by atomic mass is 19.3. The molecule has 1 saturated carbocycles. The average Bonchev–Trinajstić information content (AvgIpc) is 3.22. The maximum atomic E-state index is 13.4. The van der Waals surface area contributed by atoms with Crippen molar-refractivity contribution in [2.75, 3.05) is 24.3 Å². The number of hydrogen-bond donors (Lipinski definition) is 1. The number of carbonyl (C=O) groups excluding carboxylic acids is 1. The summed E-state index contributed by atoms with van der Waals surface area (Å²) in [7, 11) is 3.73. The first-order valence-corrected chi connectivity index (χ1v) is 9.02. The fourth-order valence-electron chi connectivity index (χ4n) is 3.37. The quantitative estimate of drug-likeness (QED) is 0.725. The molecule has 0 spiro atoms. The van der Waals surface area contributed by atoms with Crippen LogP contribution in [0.3, 0.4) is 0 Å². The van der Waals surface area contributed by atoms with Crippen LogP contribution in [0.25, 0.3) is 5.65 Å². The second-order valence-corrected chi connectivity index (χ2v) is 7.43. The van der Waals surface area contributed by atoms with Crippen molar-refractivity contribution in [3.8, 4) is 0 Å². The van der Waals surface area contributed by atoms with E-state index in [2.05, 4.69) is 27.4 Å². The lowest BCUT2D eigenvalue weighted by Gasteiger charge is -2.32. The minimum atomic E-state index is -2.78. The number of nitrogens with one attached hydrogen (secondary N) is 1. The van der Waals surface area contributed by atoms with E-state index in [0.717, 1.165) is 18.5 Å². The average molecular weight is 389 g/mol. The zero-order chi connectivity index (χ0) is 20.0. The second-order valence-electron chi connectivity index (χ2n) is 7.43. The van der Waals surface area contributed by atoms with Gasteiger partial charge in [-0.15, -0.1) is 0 Å². The van der Waals surface area contributed by atoms with Crippen molar-refractivity contribution >= 4 is 22.9 Å². The first-order valence-electron chi connectivity index (χ1n) is 9.02. The SMILES string of the molecule is CN(C)c1cnc2c(C(=O)Nc3cn([C@H]4C[C@H](C)C4)nc3C(F)F)cnn2c1. The van der Waals surface area contributed by atoms with Crippen LogP contribution in [0, 0.1) is 5.92 Å². The molecule has 8 nitrogen and oxygen atoms in total. The number of aromatic nitrogens is 5. The summed E-state index contributed by atoms with van der Waals surface area (Å²) in [4.78, 5) is 18.8. The zero-order valence-electron chi connectivity index (χ0n) is 15.8. The summed E-state index contributed by atoms with van der Waals surface area (Å²) >= 11 is 0. The molecule has 0 radical (unpaired) electrons. The standard InChI is InChI=1S/C18H21F2N7O/c1-10-4-11(5-10)26-9-14(15(24-26)16(19)20)23-18(28)13-7-22-27-8-12(25(2)3)6-21-17(13)27/h6-11,16H,4-5H2,1-3H3,(H,23,28)/t10-,11-. The van der Waals surface area contributed by atoms with E-state index >= 15 is 0 Å². The van der Waals surface area contributed by atoms with Crippen molar-refractivity contribution in [2.24, 2.45) is 5.92 Å². The number of alkyl halides is 2. The van der Waals surface area contributed by atoms with E-state index in [1.165, 1.54) is 21.6 Å². The van der Waals surface area contributed by atoms with E-state index in [4.69, 9.17) is 0 Å². The van der Waals surface area contributed by atoms with Gasteiger partial charge in [-0.2, -0.15) is 10.2 Å². The summed E-state index contributed by atoms with van der Waals surface area (Å²) in [6, 6.07) is 0.0984. The summed E-state index contributed by atoms with van der Waals surface area (Å²) in [5.74, 6) is 0.00249. The molecule has 3 heterocycles. The van der Waals surface area contributed by atoms with Gasteiger partial charge in [0.1, 0.15) is 5.56 Å². The van der Waals surface area contributed by atoms with Crippen LogP contribution in [-0.2, 0) is 0 Å². The Morgan fingerprint density at radius 1 is 1.29 bits per heavy atom. The van der Waals surface area contributed by atoms with E-state index in [0.29, 0.717) is 11.6 Å². The first-order chi connectivity index (χ1) is 13.3. The molecule has 1 amide bonds. The van der Waals surface area contributed by atoms with Gasteiger partial charge in [-0.1, -0.05) is 6.92 Å². The lowest BCUT2D eigenvalue weighted by molar-refractivity contribution is 0.102. The molecule has 4 rings (SSSR count). The number of nitrogens with zero attached hydrogens (tertiary/aromatic N) is 6. The summed E-state index contributed by atoms with van der Waals surface area (Å²) in [5, 5.41) is 10.7. The number of fused-ring (bicyclic) bond motifs is 1. The van der Waals surface area contributed by atoms with Gasteiger partial charge in [-0.25, -0.2) is 18.3 Å². The molecule has 0 saturated heterocycles. The van der Waals surface area contributed by atoms with E-state index in [-0.39, 0.29) is 17.3 Å². The van der Waals surface area contributed by atoms with Gasteiger partial charge in [0.2, 0.25) is 0 Å². The molecule has 3 aromatic rings. The molecule has 148 valence electrons. The maximum absolute atomic E-state index is 13.4. The third-order valence-electron chi connectivity index (χ3n) is 5.04. The Bertz CT molecular complexity index is 1020. The van der Waals surface area contributed by atoms with Crippen molar-refractivity contribution in [2.45, 2.75) is 32.2 Å². The molecular weight excluding hydrogens is 368 g/mol. The van der Waals surface area contributed by atoms with Gasteiger partial charge in [-0.05, 0) is 18.8 Å². The molecule has 0 aliphatic heterocycles. The van der Waals surface area contributed by atoms with Crippen molar-refractivity contribution in [3.63, 3.8) is 0 Å². The van der Waals surface area contributed by atoms with Gasteiger partial charge >= 0.3 is 0 Å². The first kappa shape index (κ1) is 18.3. The van der Waals surface area contributed by atoms with Crippen LogP contribution in [0.1, 0.15) is 48.3 Å². The summed E-state index contributed by atoms with van der Waals surface area (Å²) in [6.07, 6.45) is 5.22. The highest BCUT2D eigenvalue weighted by molar-refractivity contribution is 6.08. The fraction of sp³-hybridized carbons (Fsp3) is 0.444. The summed E-state index contributed by atoms with van der Waals surface area (Å²) < 4.78 is 29.8. The third kappa shape index (κ3) is 3.19. The largest absolute Gasteiger partial charge is 0.375 e. The minimum absolute atomic E-state index is 0.0174. The van der Waals surface area contributed by atoms with E-state index < -0.39 is 18.0 Å². The number of carbonyl (C=O) groups is 1. The molecule has 1 aliphatic carbocycles. The maximum Gasteiger partial charge on any atom is 0.284 e. The number of hydrogen-bond acceptors (Lipinski definition) is 5. The van der Waals surface area contributed by atoms with Gasteiger partial charge in [0, 0.05) is 20.3 Å². The Morgan fingerprint density at radius 2 is 2.04 bits per heavy atom. The highest BCUT2D eigenvalue weighted by Gasteiger charge is 2.30. The summed E-state index contributed by atoms with van der Waals surface area (Å²) in [6.45, 7) is 2.11. The molecule has 1 aliphatic rings. The van der Waals surface area contributed by atoms with Gasteiger partial charge in [0.15, 0.2) is 11.3 Å². The molecular formula is C18H21F2N7O. The number of anilines is 2. The molecule has 10 heteroatoms. The van der Waals surface area contributed by atoms with Crippen molar-refractivity contribution in [1.29, 1.82) is 0 Å². The van der Waals surface area contributed by atoms with Crippen LogP contribution in [0.4, 0.5) is 20.2 Å². The molecule has 28 heavy (non-hydrogen) atoms. The zero-order valence-corrected chi connectivity index (χ0v) is 15.8. The molecule has 0 unspecified atom stereocenters. The van der Waals surface area contributed by atoms with E-state index in [1.807, 2.05) is 19.0 Å². The van der Waals surface area contributed by atoms with Gasteiger partial charge in [0.25, 0.3) is 12.3 Å². The number of amides is 1. The highest BCUT2D eigenvalue weighted by Crippen LogP contribution is 2.38. The van der Waals surface area contributed by atoms with Gasteiger partial charge < -0.3 is 10.2 Å². The minimum Gasteiger partial charge on any atom is -0.375 e. The smallest absolute Gasteiger partial charge is 0.284 e.